The molecule has 1 heterocycles. The minimum Gasteiger partial charge on any atom is -0.474 e. The lowest BCUT2D eigenvalue weighted by molar-refractivity contribution is 0.110. The van der Waals surface area contributed by atoms with Crippen LogP contribution in [0.15, 0.2) is 0 Å². The topological polar surface area (TPSA) is 62.0 Å². The van der Waals surface area contributed by atoms with Crippen LogP contribution in [0.25, 0.3) is 0 Å². The molecule has 0 spiro atoms. The van der Waals surface area contributed by atoms with Crippen LogP contribution >= 0.6 is 0 Å². The van der Waals surface area contributed by atoms with Gasteiger partial charge in [0.1, 0.15) is 18.2 Å². The molecule has 0 fully saturated rings. The zero-order chi connectivity index (χ0) is 13.9. The largest absolute Gasteiger partial charge is 0.474 e. The van der Waals surface area contributed by atoms with E-state index in [4.69, 9.17) is 10.00 Å². The van der Waals surface area contributed by atoms with E-state index >= 15 is 0 Å². The summed E-state index contributed by atoms with van der Waals surface area (Å²) in [6.45, 7) is 8.26. The van der Waals surface area contributed by atoms with Crippen LogP contribution in [0.2, 0.25) is 0 Å². The van der Waals surface area contributed by atoms with Gasteiger partial charge in [-0.25, -0.2) is 0 Å². The molecule has 0 N–H and O–H groups in total. The van der Waals surface area contributed by atoms with Crippen LogP contribution in [0.4, 0.5) is 0 Å². The highest BCUT2D eigenvalue weighted by Gasteiger charge is 2.23. The first-order valence-electron chi connectivity index (χ1n) is 5.84. The van der Waals surface area contributed by atoms with E-state index in [2.05, 4.69) is 35.0 Å². The Morgan fingerprint density at radius 1 is 1.28 bits per heavy atom. The van der Waals surface area contributed by atoms with Gasteiger partial charge in [-0.15, -0.1) is 5.10 Å². The molecule has 0 saturated heterocycles. The Labute approximate surface area is 108 Å². The molecule has 0 aliphatic heterocycles. The standard InChI is InChI=1S/C13H20N4O/c1-9-10(2)15-16-12(11(9)7-14)18-8-13(3,4)17(5)6/h8H2,1-6H3. The number of ether oxygens (including phenoxy) is 1. The lowest BCUT2D eigenvalue weighted by Gasteiger charge is -2.31. The predicted octanol–water partition coefficient (Wildman–Crippen LogP) is 1.68. The van der Waals surface area contributed by atoms with E-state index in [0.717, 1.165) is 11.3 Å². The quantitative estimate of drug-likeness (QED) is 0.811. The molecule has 0 bridgehead atoms. The number of likely N-dealkylation sites (N-methyl/N-ethyl adjacent to an activating group) is 1. The molecule has 0 unspecified atom stereocenters. The van der Waals surface area contributed by atoms with Crippen LogP contribution in [-0.4, -0.2) is 41.3 Å². The van der Waals surface area contributed by atoms with E-state index in [1.54, 1.807) is 0 Å². The zero-order valence-electron chi connectivity index (χ0n) is 11.9. The first-order valence-corrected chi connectivity index (χ1v) is 5.84. The summed E-state index contributed by atoms with van der Waals surface area (Å²) in [4.78, 5) is 2.06. The fourth-order valence-electron chi connectivity index (χ4n) is 1.19. The van der Waals surface area contributed by atoms with E-state index in [0.29, 0.717) is 18.1 Å². The first-order chi connectivity index (χ1) is 8.29. The molecule has 1 aromatic rings. The summed E-state index contributed by atoms with van der Waals surface area (Å²) in [5, 5.41) is 17.1. The Morgan fingerprint density at radius 3 is 2.39 bits per heavy atom. The van der Waals surface area contributed by atoms with Gasteiger partial charge in [-0.2, -0.15) is 10.4 Å². The molecule has 0 saturated carbocycles. The highest BCUT2D eigenvalue weighted by molar-refractivity contribution is 5.44. The van der Waals surface area contributed by atoms with Crippen molar-refractivity contribution in [2.24, 2.45) is 0 Å². The average Bonchev–Trinajstić information content (AvgIpc) is 2.30. The van der Waals surface area contributed by atoms with E-state index in [1.165, 1.54) is 0 Å². The summed E-state index contributed by atoms with van der Waals surface area (Å²) >= 11 is 0. The summed E-state index contributed by atoms with van der Waals surface area (Å²) < 4.78 is 5.65. The molecule has 5 heteroatoms. The smallest absolute Gasteiger partial charge is 0.251 e. The molecule has 0 radical (unpaired) electrons. The lowest BCUT2D eigenvalue weighted by Crippen LogP contribution is -2.43. The SMILES string of the molecule is Cc1nnc(OCC(C)(C)N(C)C)c(C#N)c1C. The fourth-order valence-corrected chi connectivity index (χ4v) is 1.19. The number of hydrogen-bond acceptors (Lipinski definition) is 5. The molecule has 1 aromatic heterocycles. The number of nitrogens with zero attached hydrogens (tertiary/aromatic N) is 4. The number of aryl methyl sites for hydroxylation is 1. The van der Waals surface area contributed by atoms with Gasteiger partial charge in [0, 0.05) is 5.54 Å². The van der Waals surface area contributed by atoms with Crippen LogP contribution in [-0.2, 0) is 0 Å². The third kappa shape index (κ3) is 2.96. The second kappa shape index (κ2) is 5.32. The van der Waals surface area contributed by atoms with Crippen molar-refractivity contribution in [1.29, 1.82) is 5.26 Å². The highest BCUT2D eigenvalue weighted by Crippen LogP contribution is 2.21. The molecule has 0 amide bonds. The Bertz CT molecular complexity index is 475. The number of rotatable bonds is 4. The van der Waals surface area contributed by atoms with Gasteiger partial charge in [-0.1, -0.05) is 0 Å². The first kappa shape index (κ1) is 14.4. The molecule has 0 aliphatic carbocycles. The third-order valence-electron chi connectivity index (χ3n) is 3.31. The summed E-state index contributed by atoms with van der Waals surface area (Å²) in [7, 11) is 3.97. The van der Waals surface area contributed by atoms with Crippen molar-refractivity contribution in [3.63, 3.8) is 0 Å². The van der Waals surface area contributed by atoms with Crippen molar-refractivity contribution in [1.82, 2.24) is 15.1 Å². The molecule has 18 heavy (non-hydrogen) atoms. The minimum absolute atomic E-state index is 0.132. The van der Waals surface area contributed by atoms with Crippen LogP contribution < -0.4 is 4.74 Å². The number of aromatic nitrogens is 2. The molecular weight excluding hydrogens is 228 g/mol. The van der Waals surface area contributed by atoms with Crippen molar-refractivity contribution < 1.29 is 4.74 Å². The van der Waals surface area contributed by atoms with E-state index in [1.807, 2.05) is 27.9 Å². The van der Waals surface area contributed by atoms with Crippen LogP contribution in [0.3, 0.4) is 0 Å². The second-order valence-electron chi connectivity index (χ2n) is 5.20. The van der Waals surface area contributed by atoms with Crippen molar-refractivity contribution in [3.05, 3.63) is 16.8 Å². The maximum atomic E-state index is 9.15. The monoisotopic (exact) mass is 248 g/mol. The minimum atomic E-state index is -0.132. The zero-order valence-corrected chi connectivity index (χ0v) is 11.9. The van der Waals surface area contributed by atoms with Gasteiger partial charge >= 0.3 is 0 Å². The van der Waals surface area contributed by atoms with Gasteiger partial charge < -0.3 is 9.64 Å². The van der Waals surface area contributed by atoms with Crippen molar-refractivity contribution in [2.75, 3.05) is 20.7 Å². The lowest BCUT2D eigenvalue weighted by atomic mass is 10.1. The van der Waals surface area contributed by atoms with Gasteiger partial charge in [0.2, 0.25) is 0 Å². The van der Waals surface area contributed by atoms with Crippen LogP contribution in [0.1, 0.15) is 30.7 Å². The molecular formula is C13H20N4O. The molecule has 0 aliphatic rings. The van der Waals surface area contributed by atoms with Gasteiger partial charge in [-0.05, 0) is 47.4 Å². The Kier molecular flexibility index (Phi) is 4.25. The van der Waals surface area contributed by atoms with E-state index < -0.39 is 0 Å². The van der Waals surface area contributed by atoms with Gasteiger partial charge in [0.15, 0.2) is 0 Å². The molecule has 1 rings (SSSR count). The Morgan fingerprint density at radius 2 is 1.89 bits per heavy atom. The van der Waals surface area contributed by atoms with E-state index in [9.17, 15) is 0 Å². The molecule has 5 nitrogen and oxygen atoms in total. The van der Waals surface area contributed by atoms with Gasteiger partial charge in [-0.3, -0.25) is 0 Å². The summed E-state index contributed by atoms with van der Waals surface area (Å²) in [5.74, 6) is 0.315. The maximum absolute atomic E-state index is 9.15. The Balaban J connectivity index is 2.94. The number of hydrogen-bond donors (Lipinski definition) is 0. The summed E-state index contributed by atoms with van der Waals surface area (Å²) in [6, 6.07) is 2.13. The maximum Gasteiger partial charge on any atom is 0.251 e. The van der Waals surface area contributed by atoms with Crippen molar-refractivity contribution in [2.45, 2.75) is 33.2 Å². The van der Waals surface area contributed by atoms with Crippen LogP contribution in [0, 0.1) is 25.2 Å². The average molecular weight is 248 g/mol. The molecule has 0 atom stereocenters. The fraction of sp³-hybridized carbons (Fsp3) is 0.615. The van der Waals surface area contributed by atoms with Crippen molar-refractivity contribution in [3.8, 4) is 11.9 Å². The normalized spacial score (nSPS) is 11.4. The summed E-state index contributed by atoms with van der Waals surface area (Å²) in [6.07, 6.45) is 0. The van der Waals surface area contributed by atoms with Gasteiger partial charge in [0.05, 0.1) is 5.69 Å². The molecule has 0 aromatic carbocycles. The number of nitriles is 1. The second-order valence-corrected chi connectivity index (χ2v) is 5.20. The van der Waals surface area contributed by atoms with E-state index in [-0.39, 0.29) is 5.54 Å². The predicted molar refractivity (Wildman–Crippen MR) is 69.5 cm³/mol. The van der Waals surface area contributed by atoms with Crippen molar-refractivity contribution >= 4 is 0 Å². The molecule has 98 valence electrons. The van der Waals surface area contributed by atoms with Crippen LogP contribution in [0.5, 0.6) is 5.88 Å². The van der Waals surface area contributed by atoms with Gasteiger partial charge in [0.25, 0.3) is 5.88 Å². The third-order valence-corrected chi connectivity index (χ3v) is 3.31. The highest BCUT2D eigenvalue weighted by atomic mass is 16.5. The summed E-state index contributed by atoms with van der Waals surface area (Å²) in [5.41, 5.74) is 1.92. The Hall–Kier alpha value is -1.67.